The molecule has 1 unspecified atom stereocenters. The first kappa shape index (κ1) is 21.5. The first-order valence-electron chi connectivity index (χ1n) is 9.48. The molecule has 25 heavy (non-hydrogen) atoms. The van der Waals surface area contributed by atoms with Crippen LogP contribution in [0, 0.1) is 13.8 Å². The zero-order valence-electron chi connectivity index (χ0n) is 17.3. The normalized spacial score (nSPS) is 13.8. The van der Waals surface area contributed by atoms with Crippen LogP contribution < -0.4 is 10.6 Å². The second-order valence-corrected chi connectivity index (χ2v) is 7.21. The number of aryl methyl sites for hydroxylation is 2. The Morgan fingerprint density at radius 3 is 2.24 bits per heavy atom. The van der Waals surface area contributed by atoms with E-state index in [1.54, 1.807) is 0 Å². The Bertz CT molecular complexity index is 508. The largest absolute Gasteiger partial charge is 0.361 e. The summed E-state index contributed by atoms with van der Waals surface area (Å²) in [6, 6.07) is 1.08. The fraction of sp³-hybridized carbons (Fsp3) is 0.789. The Morgan fingerprint density at radius 1 is 1.12 bits per heavy atom. The molecule has 1 atom stereocenters. The van der Waals surface area contributed by atoms with Crippen molar-refractivity contribution < 1.29 is 4.52 Å². The van der Waals surface area contributed by atoms with Gasteiger partial charge >= 0.3 is 0 Å². The van der Waals surface area contributed by atoms with Crippen LogP contribution in [0.5, 0.6) is 0 Å². The number of hydrogen-bond donors (Lipinski definition) is 2. The van der Waals surface area contributed by atoms with E-state index >= 15 is 0 Å². The topological polar surface area (TPSA) is 65.7 Å². The Kier molecular flexibility index (Phi) is 8.97. The van der Waals surface area contributed by atoms with E-state index in [2.05, 4.69) is 62.2 Å². The van der Waals surface area contributed by atoms with Gasteiger partial charge in [0.1, 0.15) is 5.76 Å². The monoisotopic (exact) mass is 351 g/mol. The van der Waals surface area contributed by atoms with Gasteiger partial charge in [-0.05, 0) is 48.5 Å². The summed E-state index contributed by atoms with van der Waals surface area (Å²) >= 11 is 0. The van der Waals surface area contributed by atoms with Crippen LogP contribution in [0.15, 0.2) is 9.52 Å². The second kappa shape index (κ2) is 10.4. The number of aliphatic imine (C=N–C) groups is 1. The van der Waals surface area contributed by atoms with Crippen LogP contribution in [0.25, 0.3) is 0 Å². The molecule has 0 bridgehead atoms. The maximum atomic E-state index is 5.27. The molecule has 1 rings (SSSR count). The van der Waals surface area contributed by atoms with Gasteiger partial charge in [-0.15, -0.1) is 0 Å². The lowest BCUT2D eigenvalue weighted by Crippen LogP contribution is -2.45. The third-order valence-corrected chi connectivity index (χ3v) is 4.44. The Morgan fingerprint density at radius 2 is 1.76 bits per heavy atom. The zero-order valence-corrected chi connectivity index (χ0v) is 17.3. The first-order chi connectivity index (χ1) is 11.8. The molecule has 0 aliphatic heterocycles. The lowest BCUT2D eigenvalue weighted by molar-refractivity contribution is 0.178. The zero-order chi connectivity index (χ0) is 19.0. The molecule has 2 N–H and O–H groups in total. The molecule has 0 amide bonds. The molecule has 6 nitrogen and oxygen atoms in total. The van der Waals surface area contributed by atoms with Crippen LogP contribution in [0.3, 0.4) is 0 Å². The van der Waals surface area contributed by atoms with Crippen molar-refractivity contribution >= 4 is 5.96 Å². The predicted molar refractivity (Wildman–Crippen MR) is 105 cm³/mol. The number of hydrogen-bond acceptors (Lipinski definition) is 4. The predicted octanol–water partition coefficient (Wildman–Crippen LogP) is 3.07. The van der Waals surface area contributed by atoms with E-state index in [4.69, 9.17) is 9.52 Å². The summed E-state index contributed by atoms with van der Waals surface area (Å²) < 4.78 is 5.27. The summed E-state index contributed by atoms with van der Waals surface area (Å²) in [5.74, 6) is 2.04. The van der Waals surface area contributed by atoms with Gasteiger partial charge in [0.05, 0.1) is 5.69 Å². The summed E-state index contributed by atoms with van der Waals surface area (Å²) in [5, 5.41) is 10.8. The van der Waals surface area contributed by atoms with Crippen LogP contribution >= 0.6 is 0 Å². The van der Waals surface area contributed by atoms with Gasteiger partial charge in [-0.25, -0.2) is 0 Å². The molecule has 0 aromatic carbocycles. The molecule has 1 aromatic rings. The summed E-state index contributed by atoms with van der Waals surface area (Å²) in [5.41, 5.74) is 2.13. The molecule has 0 aliphatic carbocycles. The van der Waals surface area contributed by atoms with Gasteiger partial charge < -0.3 is 15.2 Å². The minimum Gasteiger partial charge on any atom is -0.361 e. The van der Waals surface area contributed by atoms with Crippen molar-refractivity contribution in [1.82, 2.24) is 20.7 Å². The molecule has 1 aromatic heterocycles. The lowest BCUT2D eigenvalue weighted by atomic mass is 10.00. The van der Waals surface area contributed by atoms with E-state index in [9.17, 15) is 0 Å². The second-order valence-electron chi connectivity index (χ2n) is 7.21. The molecular formula is C19H37N5O. The Labute approximate surface area is 153 Å². The Balaban J connectivity index is 2.62. The minimum atomic E-state index is 0.282. The Hall–Kier alpha value is -1.56. The van der Waals surface area contributed by atoms with E-state index in [0.717, 1.165) is 37.0 Å². The average Bonchev–Trinajstić information content (AvgIpc) is 2.86. The van der Waals surface area contributed by atoms with Gasteiger partial charge in [0.2, 0.25) is 0 Å². The van der Waals surface area contributed by atoms with Crippen molar-refractivity contribution in [1.29, 1.82) is 0 Å². The highest BCUT2D eigenvalue weighted by Gasteiger charge is 2.16. The maximum Gasteiger partial charge on any atom is 0.191 e. The SMILES string of the molecule is CCNC(=NCC(C)c1c(C)noc1C)NCCN(C(C)C)C(C)C. The molecule has 144 valence electrons. The van der Waals surface area contributed by atoms with E-state index < -0.39 is 0 Å². The summed E-state index contributed by atoms with van der Waals surface area (Å²) in [6.45, 7) is 20.6. The van der Waals surface area contributed by atoms with E-state index in [-0.39, 0.29) is 5.92 Å². The van der Waals surface area contributed by atoms with Crippen LogP contribution in [0.2, 0.25) is 0 Å². The van der Waals surface area contributed by atoms with Crippen molar-refractivity contribution in [3.8, 4) is 0 Å². The highest BCUT2D eigenvalue weighted by atomic mass is 16.5. The molecule has 6 heteroatoms. The summed E-state index contributed by atoms with van der Waals surface area (Å²) in [4.78, 5) is 7.22. The molecular weight excluding hydrogens is 314 g/mol. The van der Waals surface area contributed by atoms with Gasteiger partial charge in [0.15, 0.2) is 5.96 Å². The van der Waals surface area contributed by atoms with Gasteiger partial charge in [0.25, 0.3) is 0 Å². The lowest BCUT2D eigenvalue weighted by Gasteiger charge is -2.30. The maximum absolute atomic E-state index is 5.27. The van der Waals surface area contributed by atoms with Crippen LogP contribution in [-0.2, 0) is 0 Å². The molecule has 1 heterocycles. The van der Waals surface area contributed by atoms with Crippen LogP contribution in [-0.4, -0.2) is 54.3 Å². The highest BCUT2D eigenvalue weighted by Crippen LogP contribution is 2.23. The van der Waals surface area contributed by atoms with E-state index in [0.29, 0.717) is 18.6 Å². The van der Waals surface area contributed by atoms with Crippen molar-refractivity contribution in [2.45, 2.75) is 73.4 Å². The molecule has 0 radical (unpaired) electrons. The minimum absolute atomic E-state index is 0.282. The number of nitrogens with zero attached hydrogens (tertiary/aromatic N) is 3. The average molecular weight is 352 g/mol. The smallest absolute Gasteiger partial charge is 0.191 e. The molecule has 0 aliphatic rings. The quantitative estimate of drug-likeness (QED) is 0.529. The van der Waals surface area contributed by atoms with Crippen molar-refractivity contribution in [2.75, 3.05) is 26.2 Å². The van der Waals surface area contributed by atoms with Crippen LogP contribution in [0.4, 0.5) is 0 Å². The van der Waals surface area contributed by atoms with Crippen LogP contribution in [0.1, 0.15) is 64.5 Å². The van der Waals surface area contributed by atoms with E-state index in [1.807, 2.05) is 13.8 Å². The molecule has 0 spiro atoms. The van der Waals surface area contributed by atoms with Crippen molar-refractivity contribution in [2.24, 2.45) is 4.99 Å². The summed E-state index contributed by atoms with van der Waals surface area (Å²) in [7, 11) is 0. The van der Waals surface area contributed by atoms with Gasteiger partial charge in [-0.2, -0.15) is 0 Å². The molecule has 0 saturated carbocycles. The third kappa shape index (κ3) is 6.69. The molecule has 0 saturated heterocycles. The van der Waals surface area contributed by atoms with Crippen molar-refractivity contribution in [3.63, 3.8) is 0 Å². The third-order valence-electron chi connectivity index (χ3n) is 4.44. The van der Waals surface area contributed by atoms with Crippen molar-refractivity contribution in [3.05, 3.63) is 17.0 Å². The fourth-order valence-corrected chi connectivity index (χ4v) is 3.27. The number of rotatable bonds is 9. The number of guanidine groups is 1. The number of aromatic nitrogens is 1. The van der Waals surface area contributed by atoms with E-state index in [1.165, 1.54) is 5.56 Å². The summed E-state index contributed by atoms with van der Waals surface area (Å²) in [6.07, 6.45) is 0. The fourth-order valence-electron chi connectivity index (χ4n) is 3.27. The highest BCUT2D eigenvalue weighted by molar-refractivity contribution is 5.79. The first-order valence-corrected chi connectivity index (χ1v) is 9.48. The molecule has 0 fully saturated rings. The van der Waals surface area contributed by atoms with Gasteiger partial charge in [0, 0.05) is 49.7 Å². The number of nitrogens with one attached hydrogen (secondary N) is 2. The van der Waals surface area contributed by atoms with Gasteiger partial charge in [-0.3, -0.25) is 9.89 Å². The standard InChI is InChI=1S/C19H37N5O/c1-9-20-19(21-10-11-24(13(2)3)14(4)5)22-12-15(6)18-16(7)23-25-17(18)8/h13-15H,9-12H2,1-8H3,(H2,20,21,22). The van der Waals surface area contributed by atoms with Gasteiger partial charge in [-0.1, -0.05) is 12.1 Å².